The number of hydrogen-bond acceptors (Lipinski definition) is 5. The van der Waals surface area contributed by atoms with Crippen LogP contribution in [0.1, 0.15) is 56.3 Å². The molecule has 1 aromatic carbocycles. The Morgan fingerprint density at radius 1 is 1.20 bits per heavy atom. The second kappa shape index (κ2) is 11.4. The van der Waals surface area contributed by atoms with Gasteiger partial charge in [-0.05, 0) is 49.6 Å². The lowest BCUT2D eigenvalue weighted by Gasteiger charge is -2.51. The Balaban J connectivity index is 1.74. The van der Waals surface area contributed by atoms with Gasteiger partial charge in [0.05, 0.1) is 35.4 Å². The van der Waals surface area contributed by atoms with Gasteiger partial charge >= 0.3 is 0 Å². The number of aldehydes is 1. The molecule has 4 rings (SSSR count). The number of carbonyl (C=O) groups excluding carboxylic acids is 2. The summed E-state index contributed by atoms with van der Waals surface area (Å²) >= 11 is 12.5. The number of likely N-dealkylation sites (tertiary alicyclic amines) is 1. The smallest absolute Gasteiger partial charge is 0.229 e. The van der Waals surface area contributed by atoms with Crippen LogP contribution in [0.5, 0.6) is 0 Å². The zero-order valence-electron chi connectivity index (χ0n) is 20.3. The van der Waals surface area contributed by atoms with E-state index in [9.17, 15) is 9.59 Å². The van der Waals surface area contributed by atoms with E-state index < -0.39 is 5.41 Å². The first-order valence-electron chi connectivity index (χ1n) is 12.3. The van der Waals surface area contributed by atoms with Crippen LogP contribution in [-0.2, 0) is 14.3 Å². The Hall–Kier alpha value is -1.99. The molecule has 2 aliphatic heterocycles. The molecular formula is C27H33Cl2N3O3. The Morgan fingerprint density at radius 2 is 1.97 bits per heavy atom. The van der Waals surface area contributed by atoms with E-state index in [4.69, 9.17) is 27.9 Å². The summed E-state index contributed by atoms with van der Waals surface area (Å²) in [7, 11) is 0. The molecule has 188 valence electrons. The minimum Gasteiger partial charge on any atom is -0.379 e. The molecule has 0 radical (unpaired) electrons. The summed E-state index contributed by atoms with van der Waals surface area (Å²) in [6.45, 7) is 8.16. The van der Waals surface area contributed by atoms with Gasteiger partial charge < -0.3 is 14.4 Å². The standard InChI is InChI=1S/C27H33Cl2N3O3/c1-19(8-10-31-11-14-35-15-12-31)32-25(24-7-6-22(29)18-30-24)23(20-4-3-5-21(28)16-20)17-27(2,9-13-33)26(32)34/h3-7,13,16,18-19,23,25H,8-12,14-15,17H2,1-2H3/t19-,23+,25-,27-/m0/s1. The number of pyridine rings is 1. The fourth-order valence-corrected chi connectivity index (χ4v) is 5.74. The van der Waals surface area contributed by atoms with Crippen molar-refractivity contribution in [1.82, 2.24) is 14.8 Å². The first-order valence-corrected chi connectivity index (χ1v) is 13.0. The molecule has 2 fully saturated rings. The van der Waals surface area contributed by atoms with Crippen molar-refractivity contribution in [2.75, 3.05) is 32.8 Å². The van der Waals surface area contributed by atoms with E-state index in [0.29, 0.717) is 16.5 Å². The van der Waals surface area contributed by atoms with E-state index in [-0.39, 0.29) is 30.3 Å². The Kier molecular flexibility index (Phi) is 8.48. The van der Waals surface area contributed by atoms with Gasteiger partial charge in [0.1, 0.15) is 6.29 Å². The maximum absolute atomic E-state index is 14.1. The molecule has 0 bridgehead atoms. The van der Waals surface area contributed by atoms with Crippen LogP contribution in [0.4, 0.5) is 0 Å². The van der Waals surface area contributed by atoms with Crippen LogP contribution in [0, 0.1) is 5.41 Å². The van der Waals surface area contributed by atoms with Crippen molar-refractivity contribution in [1.29, 1.82) is 0 Å². The third-order valence-corrected chi connectivity index (χ3v) is 7.87. The molecule has 0 aliphatic carbocycles. The summed E-state index contributed by atoms with van der Waals surface area (Å²) in [4.78, 5) is 34.8. The lowest BCUT2D eigenvalue weighted by Crippen LogP contribution is -2.55. The highest BCUT2D eigenvalue weighted by molar-refractivity contribution is 6.30. The van der Waals surface area contributed by atoms with Crippen LogP contribution < -0.4 is 0 Å². The number of aromatic nitrogens is 1. The van der Waals surface area contributed by atoms with E-state index in [1.54, 1.807) is 6.20 Å². The summed E-state index contributed by atoms with van der Waals surface area (Å²) < 4.78 is 5.48. The fraction of sp³-hybridized carbons (Fsp3) is 0.519. The van der Waals surface area contributed by atoms with Gasteiger partial charge in [0.25, 0.3) is 0 Å². The van der Waals surface area contributed by atoms with E-state index in [1.807, 2.05) is 48.2 Å². The zero-order chi connectivity index (χ0) is 25.0. The molecule has 0 unspecified atom stereocenters. The quantitative estimate of drug-likeness (QED) is 0.453. The molecule has 0 saturated carbocycles. The maximum atomic E-state index is 14.1. The number of benzene rings is 1. The summed E-state index contributed by atoms with van der Waals surface area (Å²) in [6.07, 6.45) is 4.02. The monoisotopic (exact) mass is 517 g/mol. The van der Waals surface area contributed by atoms with Gasteiger partial charge in [-0.3, -0.25) is 14.7 Å². The van der Waals surface area contributed by atoms with Crippen molar-refractivity contribution in [2.24, 2.45) is 5.41 Å². The number of rotatable bonds is 8. The van der Waals surface area contributed by atoms with Crippen molar-refractivity contribution in [3.8, 4) is 0 Å². The average Bonchev–Trinajstić information content (AvgIpc) is 2.85. The summed E-state index contributed by atoms with van der Waals surface area (Å²) in [5.41, 5.74) is 1.03. The van der Waals surface area contributed by atoms with Gasteiger partial charge in [0, 0.05) is 49.2 Å². The SMILES string of the molecule is C[C@@H](CCN1CCOCC1)N1C(=O)[C@@](C)(CC=O)C[C@H](c2cccc(Cl)c2)[C@H]1c1ccc(Cl)cn1. The molecule has 35 heavy (non-hydrogen) atoms. The topological polar surface area (TPSA) is 62.7 Å². The fourth-order valence-electron chi connectivity index (χ4n) is 5.43. The molecule has 2 aromatic rings. The molecule has 8 heteroatoms. The lowest BCUT2D eigenvalue weighted by molar-refractivity contribution is -0.156. The van der Waals surface area contributed by atoms with Crippen LogP contribution in [-0.4, -0.2) is 65.9 Å². The van der Waals surface area contributed by atoms with Gasteiger partial charge in [-0.2, -0.15) is 0 Å². The maximum Gasteiger partial charge on any atom is 0.229 e. The highest BCUT2D eigenvalue weighted by atomic mass is 35.5. The largest absolute Gasteiger partial charge is 0.379 e. The molecule has 0 spiro atoms. The number of halogens is 2. The van der Waals surface area contributed by atoms with Crippen LogP contribution in [0.25, 0.3) is 0 Å². The van der Waals surface area contributed by atoms with E-state index in [2.05, 4.69) is 16.8 Å². The van der Waals surface area contributed by atoms with Crippen molar-refractivity contribution >= 4 is 35.4 Å². The summed E-state index contributed by atoms with van der Waals surface area (Å²) in [6, 6.07) is 11.2. The first kappa shape index (κ1) is 26.1. The number of nitrogens with zero attached hydrogens (tertiary/aromatic N) is 3. The Morgan fingerprint density at radius 3 is 2.63 bits per heavy atom. The second-order valence-electron chi connectivity index (χ2n) is 9.95. The van der Waals surface area contributed by atoms with Gasteiger partial charge in [-0.25, -0.2) is 0 Å². The summed E-state index contributed by atoms with van der Waals surface area (Å²) in [5.74, 6) is -0.0741. The van der Waals surface area contributed by atoms with Gasteiger partial charge in [0.2, 0.25) is 5.91 Å². The van der Waals surface area contributed by atoms with E-state index in [1.165, 1.54) is 0 Å². The number of piperidine rings is 1. The molecule has 1 amide bonds. The summed E-state index contributed by atoms with van der Waals surface area (Å²) in [5, 5.41) is 1.19. The van der Waals surface area contributed by atoms with E-state index >= 15 is 0 Å². The molecular weight excluding hydrogens is 485 g/mol. The third-order valence-electron chi connectivity index (χ3n) is 7.41. The van der Waals surface area contributed by atoms with Gasteiger partial charge in [0.15, 0.2) is 0 Å². The second-order valence-corrected chi connectivity index (χ2v) is 10.8. The number of amides is 1. The van der Waals surface area contributed by atoms with Gasteiger partial charge in [-0.15, -0.1) is 0 Å². The molecule has 1 aromatic heterocycles. The predicted molar refractivity (Wildman–Crippen MR) is 138 cm³/mol. The van der Waals surface area contributed by atoms with Crippen LogP contribution >= 0.6 is 23.2 Å². The highest BCUT2D eigenvalue weighted by Gasteiger charge is 2.51. The van der Waals surface area contributed by atoms with Crippen LogP contribution in [0.15, 0.2) is 42.6 Å². The predicted octanol–water partition coefficient (Wildman–Crippen LogP) is 5.15. The minimum atomic E-state index is -0.801. The molecule has 2 saturated heterocycles. The number of morpholine rings is 1. The zero-order valence-corrected chi connectivity index (χ0v) is 21.8. The van der Waals surface area contributed by atoms with Crippen molar-refractivity contribution in [2.45, 2.75) is 51.1 Å². The number of hydrogen-bond donors (Lipinski definition) is 0. The van der Waals surface area contributed by atoms with Crippen LogP contribution in [0.2, 0.25) is 10.0 Å². The van der Waals surface area contributed by atoms with Crippen LogP contribution in [0.3, 0.4) is 0 Å². The Labute approximate surface area is 217 Å². The molecule has 0 N–H and O–H groups in total. The minimum absolute atomic E-state index is 0.000828. The van der Waals surface area contributed by atoms with Gasteiger partial charge in [-0.1, -0.05) is 42.3 Å². The van der Waals surface area contributed by atoms with Crippen molar-refractivity contribution < 1.29 is 14.3 Å². The molecule has 2 aliphatic rings. The Bertz CT molecular complexity index is 1030. The lowest BCUT2D eigenvalue weighted by atomic mass is 9.68. The van der Waals surface area contributed by atoms with Crippen molar-refractivity contribution in [3.63, 3.8) is 0 Å². The highest BCUT2D eigenvalue weighted by Crippen LogP contribution is 2.51. The molecule has 3 heterocycles. The molecule has 4 atom stereocenters. The van der Waals surface area contributed by atoms with Crippen molar-refractivity contribution in [3.05, 3.63) is 63.9 Å². The molecule has 6 nitrogen and oxygen atoms in total. The average molecular weight is 518 g/mol. The van der Waals surface area contributed by atoms with E-state index in [0.717, 1.165) is 56.8 Å². The third kappa shape index (κ3) is 5.88. The normalized spacial score (nSPS) is 26.5. The number of ether oxygens (including phenoxy) is 1. The first-order chi connectivity index (χ1) is 16.8. The number of carbonyl (C=O) groups is 2.